The quantitative estimate of drug-likeness (QED) is 0.459. The predicted octanol–water partition coefficient (Wildman–Crippen LogP) is 4.71. The second-order valence-electron chi connectivity index (χ2n) is 6.99. The summed E-state index contributed by atoms with van der Waals surface area (Å²) in [5, 5.41) is 6.90. The molecule has 1 heterocycles. The number of benzene rings is 3. The number of nitrogens with one attached hydrogen (secondary N) is 1. The number of rotatable bonds is 7. The molecule has 0 radical (unpaired) electrons. The van der Waals surface area contributed by atoms with Crippen LogP contribution in [0.3, 0.4) is 0 Å². The molecule has 1 atom stereocenters. The second kappa shape index (κ2) is 9.49. The minimum atomic E-state index is -1.06. The summed E-state index contributed by atoms with van der Waals surface area (Å²) in [4.78, 5) is 12.6. The minimum Gasteiger partial charge on any atom is -0.322 e. The second-order valence-corrected chi connectivity index (χ2v) is 8.45. The van der Waals surface area contributed by atoms with Crippen molar-refractivity contribution in [2.24, 2.45) is 0 Å². The number of nitrogens with zero attached hydrogens (tertiary/aromatic N) is 2. The van der Waals surface area contributed by atoms with E-state index in [1.165, 1.54) is 23.1 Å². The Hall–Kier alpha value is -3.58. The molecule has 4 rings (SSSR count). The number of halogens is 1. The van der Waals surface area contributed by atoms with Crippen LogP contribution in [0.1, 0.15) is 21.5 Å². The number of hydrogen-bond donors (Lipinski definition) is 1. The van der Waals surface area contributed by atoms with E-state index in [1.54, 1.807) is 24.3 Å². The maximum atomic E-state index is 13.9. The van der Waals surface area contributed by atoms with Crippen LogP contribution in [-0.4, -0.2) is 19.9 Å². The number of hydrogen-bond acceptors (Lipinski definition) is 3. The Morgan fingerprint density at radius 2 is 1.65 bits per heavy atom. The van der Waals surface area contributed by atoms with Crippen molar-refractivity contribution in [3.63, 3.8) is 0 Å². The molecule has 0 bridgehead atoms. The zero-order chi connectivity index (χ0) is 21.6. The largest absolute Gasteiger partial charge is 0.322 e. The molecular formula is C24H20FN3O2S. The molecule has 0 aliphatic heterocycles. The molecule has 4 aromatic rings. The molecule has 156 valence electrons. The van der Waals surface area contributed by atoms with Gasteiger partial charge in [-0.3, -0.25) is 9.00 Å². The molecule has 1 aromatic heterocycles. The lowest BCUT2D eigenvalue weighted by molar-refractivity contribution is 0.102. The smallest absolute Gasteiger partial charge is 0.258 e. The van der Waals surface area contributed by atoms with Gasteiger partial charge in [0.2, 0.25) is 0 Å². The van der Waals surface area contributed by atoms with Gasteiger partial charge >= 0.3 is 0 Å². The maximum Gasteiger partial charge on any atom is 0.258 e. The van der Waals surface area contributed by atoms with Gasteiger partial charge < -0.3 is 5.32 Å². The number of carbonyl (C=O) groups is 1. The van der Waals surface area contributed by atoms with Gasteiger partial charge in [0.05, 0.1) is 11.8 Å². The Labute approximate surface area is 182 Å². The summed E-state index contributed by atoms with van der Waals surface area (Å²) in [5.74, 6) is 0.0927. The topological polar surface area (TPSA) is 64.0 Å². The molecule has 0 spiro atoms. The van der Waals surface area contributed by atoms with Crippen molar-refractivity contribution in [2.75, 3.05) is 5.32 Å². The summed E-state index contributed by atoms with van der Waals surface area (Å²) in [6.45, 7) is 0. The van der Waals surface area contributed by atoms with E-state index in [0.717, 1.165) is 11.1 Å². The molecule has 0 saturated carbocycles. The van der Waals surface area contributed by atoms with Crippen LogP contribution in [0.25, 0.3) is 5.69 Å². The summed E-state index contributed by atoms with van der Waals surface area (Å²) < 4.78 is 27.7. The number of anilines is 1. The Balaban J connectivity index is 1.41. The summed E-state index contributed by atoms with van der Waals surface area (Å²) in [5.41, 5.74) is 3.06. The molecule has 5 nitrogen and oxygen atoms in total. The highest BCUT2D eigenvalue weighted by Crippen LogP contribution is 2.17. The van der Waals surface area contributed by atoms with Gasteiger partial charge in [-0.25, -0.2) is 9.07 Å². The number of aromatic nitrogens is 2. The normalized spacial score (nSPS) is 11.8. The Morgan fingerprint density at radius 1 is 0.935 bits per heavy atom. The third-order valence-electron chi connectivity index (χ3n) is 4.63. The Morgan fingerprint density at radius 3 is 2.45 bits per heavy atom. The van der Waals surface area contributed by atoms with Gasteiger partial charge in [0.15, 0.2) is 0 Å². The van der Waals surface area contributed by atoms with Crippen LogP contribution >= 0.6 is 0 Å². The SMILES string of the molecule is O=C(Nc1cccc(CS(=O)Cc2ccccc2)c1)c1cnn(-c2ccccc2F)c1. The standard InChI is InChI=1S/C24H20FN3O2S/c25-22-11-4-5-12-23(22)28-15-20(14-26-28)24(29)27-21-10-6-9-19(13-21)17-31(30)16-18-7-2-1-3-8-18/h1-15H,16-17H2,(H,27,29). The van der Waals surface area contributed by atoms with Crippen molar-refractivity contribution in [3.05, 3.63) is 114 Å². The highest BCUT2D eigenvalue weighted by molar-refractivity contribution is 7.83. The summed E-state index contributed by atoms with van der Waals surface area (Å²) >= 11 is 0. The van der Waals surface area contributed by atoms with Gasteiger partial charge in [-0.2, -0.15) is 5.10 Å². The average Bonchev–Trinajstić information content (AvgIpc) is 3.25. The van der Waals surface area contributed by atoms with Crippen molar-refractivity contribution in [1.82, 2.24) is 9.78 Å². The monoisotopic (exact) mass is 433 g/mol. The summed E-state index contributed by atoms with van der Waals surface area (Å²) in [7, 11) is -1.06. The van der Waals surface area contributed by atoms with Crippen molar-refractivity contribution < 1.29 is 13.4 Å². The van der Waals surface area contributed by atoms with Gasteiger partial charge in [-0.15, -0.1) is 0 Å². The molecule has 31 heavy (non-hydrogen) atoms. The van der Waals surface area contributed by atoms with Crippen LogP contribution in [0.4, 0.5) is 10.1 Å². The predicted molar refractivity (Wildman–Crippen MR) is 120 cm³/mol. The molecule has 0 saturated heterocycles. The average molecular weight is 434 g/mol. The summed E-state index contributed by atoms with van der Waals surface area (Å²) in [6, 6.07) is 23.2. The molecule has 1 N–H and O–H groups in total. The Kier molecular flexibility index (Phi) is 6.33. The molecule has 3 aromatic carbocycles. The molecule has 1 unspecified atom stereocenters. The van der Waals surface area contributed by atoms with E-state index < -0.39 is 16.6 Å². The zero-order valence-electron chi connectivity index (χ0n) is 16.6. The number of carbonyl (C=O) groups excluding carboxylic acids is 1. The first kappa shape index (κ1) is 20.7. The fourth-order valence-corrected chi connectivity index (χ4v) is 4.37. The first-order chi connectivity index (χ1) is 15.1. The lowest BCUT2D eigenvalue weighted by atomic mass is 10.2. The number of amides is 1. The molecule has 7 heteroatoms. The van der Waals surface area contributed by atoms with Crippen molar-refractivity contribution in [1.29, 1.82) is 0 Å². The van der Waals surface area contributed by atoms with Crippen molar-refractivity contribution >= 4 is 22.4 Å². The van der Waals surface area contributed by atoms with Crippen LogP contribution in [0.2, 0.25) is 0 Å². The first-order valence-electron chi connectivity index (χ1n) is 9.67. The van der Waals surface area contributed by atoms with Crippen LogP contribution in [-0.2, 0) is 22.3 Å². The van der Waals surface area contributed by atoms with Gasteiger partial charge in [0.25, 0.3) is 5.91 Å². The van der Waals surface area contributed by atoms with Gasteiger partial charge in [-0.1, -0.05) is 54.6 Å². The molecule has 0 aliphatic rings. The highest BCUT2D eigenvalue weighted by atomic mass is 32.2. The van der Waals surface area contributed by atoms with Crippen LogP contribution < -0.4 is 5.32 Å². The molecule has 0 aliphatic carbocycles. The number of para-hydroxylation sites is 1. The van der Waals surface area contributed by atoms with E-state index in [0.29, 0.717) is 22.8 Å². The fraction of sp³-hybridized carbons (Fsp3) is 0.0833. The molecule has 0 fully saturated rings. The van der Waals surface area contributed by atoms with Gasteiger partial charge in [-0.05, 0) is 35.4 Å². The van der Waals surface area contributed by atoms with Gasteiger partial charge in [0, 0.05) is 34.2 Å². The lowest BCUT2D eigenvalue weighted by Gasteiger charge is -2.07. The molecule has 1 amide bonds. The fourth-order valence-electron chi connectivity index (χ4n) is 3.15. The van der Waals surface area contributed by atoms with E-state index in [2.05, 4.69) is 10.4 Å². The van der Waals surface area contributed by atoms with Crippen molar-refractivity contribution in [2.45, 2.75) is 11.5 Å². The van der Waals surface area contributed by atoms with E-state index in [9.17, 15) is 13.4 Å². The van der Waals surface area contributed by atoms with Crippen LogP contribution in [0.5, 0.6) is 0 Å². The highest BCUT2D eigenvalue weighted by Gasteiger charge is 2.12. The third kappa shape index (κ3) is 5.32. The van der Waals surface area contributed by atoms with Crippen LogP contribution in [0.15, 0.2) is 91.3 Å². The van der Waals surface area contributed by atoms with E-state index >= 15 is 0 Å². The first-order valence-corrected chi connectivity index (χ1v) is 11.2. The third-order valence-corrected chi connectivity index (χ3v) is 5.94. The lowest BCUT2D eigenvalue weighted by Crippen LogP contribution is -2.11. The van der Waals surface area contributed by atoms with Crippen LogP contribution in [0, 0.1) is 5.82 Å². The maximum absolute atomic E-state index is 13.9. The summed E-state index contributed by atoms with van der Waals surface area (Å²) in [6.07, 6.45) is 2.87. The Bertz CT molecular complexity index is 1220. The minimum absolute atomic E-state index is 0.268. The molecular weight excluding hydrogens is 413 g/mol. The van der Waals surface area contributed by atoms with Gasteiger partial charge in [0.1, 0.15) is 11.5 Å². The van der Waals surface area contributed by atoms with E-state index in [-0.39, 0.29) is 11.6 Å². The van der Waals surface area contributed by atoms with E-state index in [1.807, 2.05) is 48.5 Å². The van der Waals surface area contributed by atoms with Crippen molar-refractivity contribution in [3.8, 4) is 5.69 Å². The zero-order valence-corrected chi connectivity index (χ0v) is 17.4. The van der Waals surface area contributed by atoms with E-state index in [4.69, 9.17) is 0 Å².